The van der Waals surface area contributed by atoms with E-state index in [1.165, 1.54) is 81.9 Å². The summed E-state index contributed by atoms with van der Waals surface area (Å²) in [4.78, 5) is 79.6. The third-order valence-corrected chi connectivity index (χ3v) is 14.1. The zero-order valence-corrected chi connectivity index (χ0v) is 48.3. The van der Waals surface area contributed by atoms with Crippen LogP contribution in [0.5, 0.6) is 0 Å². The zero-order valence-electron chi connectivity index (χ0n) is 47.4. The number of rotatable bonds is 40. The molecule has 0 fully saturated rings. The average Bonchev–Trinajstić information content (AvgIpc) is 3.74. The lowest BCUT2D eigenvalue weighted by Crippen LogP contribution is -2.37. The summed E-state index contributed by atoms with van der Waals surface area (Å²) in [5.74, 6) is -1.30. The first kappa shape index (κ1) is 64.8. The second-order valence-corrected chi connectivity index (χ2v) is 22.4. The number of hydrogen-bond acceptors (Lipinski definition) is 14. The highest BCUT2D eigenvalue weighted by molar-refractivity contribution is 7.45. The first-order valence-electron chi connectivity index (χ1n) is 28.2. The fourth-order valence-corrected chi connectivity index (χ4v) is 9.13. The van der Waals surface area contributed by atoms with Gasteiger partial charge in [-0.15, -0.1) is 0 Å². The molecule has 0 radical (unpaired) electrons. The number of nitrogens with two attached hydrogens (primary N) is 1. The summed E-state index contributed by atoms with van der Waals surface area (Å²) < 4.78 is 41.6. The molecule has 2 aromatic heterocycles. The lowest BCUT2D eigenvalue weighted by atomic mass is 10.0. The van der Waals surface area contributed by atoms with E-state index in [9.17, 15) is 28.6 Å². The summed E-state index contributed by atoms with van der Waals surface area (Å²) in [6.07, 6.45) is 22.0. The van der Waals surface area contributed by atoms with Crippen LogP contribution in [-0.2, 0) is 51.0 Å². The number of phosphoric ester groups is 1. The van der Waals surface area contributed by atoms with Gasteiger partial charge in [0, 0.05) is 43.0 Å². The molecule has 20 heteroatoms. The minimum absolute atomic E-state index is 0.0523. The van der Waals surface area contributed by atoms with E-state index in [1.54, 1.807) is 54.7 Å². The molecule has 0 saturated heterocycles. The lowest BCUT2D eigenvalue weighted by molar-refractivity contribution is -0.870. The molecular weight excluding hydrogens is 1020 g/mol. The van der Waals surface area contributed by atoms with Gasteiger partial charge in [-0.1, -0.05) is 123 Å². The molecule has 0 spiro atoms. The molecule has 2 aromatic carbocycles. The summed E-state index contributed by atoms with van der Waals surface area (Å²) >= 11 is 0. The number of aliphatic imine (C=N–C) groups is 1. The van der Waals surface area contributed by atoms with Crippen molar-refractivity contribution >= 4 is 60.1 Å². The van der Waals surface area contributed by atoms with E-state index in [-0.39, 0.29) is 51.6 Å². The van der Waals surface area contributed by atoms with Crippen molar-refractivity contribution in [2.75, 3.05) is 77.5 Å². The maximum absolute atomic E-state index is 14.3. The fourth-order valence-electron chi connectivity index (χ4n) is 8.36. The van der Waals surface area contributed by atoms with Crippen LogP contribution in [0, 0.1) is 5.92 Å². The Balaban J connectivity index is 1.29. The molecular formula is C58H89N8O11P. The van der Waals surface area contributed by atoms with E-state index < -0.39 is 44.3 Å². The Morgan fingerprint density at radius 1 is 0.731 bits per heavy atom. The smallest absolute Gasteiger partial charge is 0.435 e. The van der Waals surface area contributed by atoms with Crippen molar-refractivity contribution in [2.24, 2.45) is 23.7 Å². The SMILES string of the molecule is CCCCCCCCCCCCCCCCCCC(=O)OCC(COC(=O)CCN(C(=O)c1ccc2c(c1)nc(CNc1ccc(/C(N)=N/C(=O)OCCCC)cc1)n2C)c1ccccn1)COP(=O)([O-])OCC[N+](C)(C)C. The standard InChI is InChI=1S/C58H89N8O11P/c1-7-9-11-12-13-14-15-16-17-18-19-20-21-22-23-24-28-54(67)74-43-46(45-77-78(71,72)76-40-38-66(4,5)6)44-75-55(68)35-37-65(52-27-25-26-36-60-52)57(69)48-31-34-51-50(41-48)62-53(64(51)3)42-61-49-32-29-47(30-33-49)56(59)63-58(70)73-39-10-8-2/h25-27,29-34,36,41,46H,7-24,28,35,37-40,42-45H2,1-6H3,(H3-,59,61,63,70,71,72). The molecule has 2 unspecified atom stereocenters. The molecule has 2 atom stereocenters. The van der Waals surface area contributed by atoms with Crippen molar-refractivity contribution in [2.45, 2.75) is 149 Å². The summed E-state index contributed by atoms with van der Waals surface area (Å²) in [6, 6.07) is 17.4. The summed E-state index contributed by atoms with van der Waals surface area (Å²) in [5, 5.41) is 3.34. The predicted octanol–water partition coefficient (Wildman–Crippen LogP) is 10.8. The molecule has 4 aromatic rings. The molecule has 0 aliphatic heterocycles. The van der Waals surface area contributed by atoms with Gasteiger partial charge in [0.2, 0.25) is 0 Å². The Labute approximate surface area is 463 Å². The Morgan fingerprint density at radius 2 is 1.32 bits per heavy atom. The lowest BCUT2D eigenvalue weighted by Gasteiger charge is -2.28. The van der Waals surface area contributed by atoms with Crippen LogP contribution in [0.15, 0.2) is 71.9 Å². The number of unbranched alkanes of at least 4 members (excludes halogenated alkanes) is 16. The van der Waals surface area contributed by atoms with Crippen molar-refractivity contribution in [1.29, 1.82) is 0 Å². The molecule has 0 aliphatic carbocycles. The molecule has 78 heavy (non-hydrogen) atoms. The summed E-state index contributed by atoms with van der Waals surface area (Å²) in [5.41, 5.74) is 9.06. The van der Waals surface area contributed by atoms with Crippen molar-refractivity contribution in [1.82, 2.24) is 14.5 Å². The zero-order chi connectivity index (χ0) is 56.6. The number of aryl methyl sites for hydroxylation is 1. The number of benzene rings is 2. The maximum Gasteiger partial charge on any atom is 0.435 e. The first-order chi connectivity index (χ1) is 37.5. The Morgan fingerprint density at radius 3 is 1.91 bits per heavy atom. The van der Waals surface area contributed by atoms with Crippen LogP contribution in [-0.4, -0.2) is 116 Å². The quantitative estimate of drug-likeness (QED) is 0.00801. The van der Waals surface area contributed by atoms with Gasteiger partial charge in [-0.05, 0) is 67.4 Å². The summed E-state index contributed by atoms with van der Waals surface area (Å²) in [7, 11) is 2.84. The molecule has 2 heterocycles. The number of hydrogen-bond donors (Lipinski definition) is 2. The number of fused-ring (bicyclic) bond motifs is 1. The normalized spacial score (nSPS) is 13.0. The number of likely N-dealkylation sites (N-methyl/N-ethyl adjacent to an activating group) is 1. The van der Waals surface area contributed by atoms with E-state index in [0.717, 1.165) is 43.3 Å². The monoisotopic (exact) mass is 1100 g/mol. The average molecular weight is 1110 g/mol. The molecule has 0 bridgehead atoms. The fraction of sp³-hybridized carbons (Fsp3) is 0.603. The number of quaternary nitrogens is 1. The number of amidine groups is 1. The van der Waals surface area contributed by atoms with E-state index in [1.807, 2.05) is 51.8 Å². The van der Waals surface area contributed by atoms with Crippen LogP contribution < -0.4 is 20.8 Å². The molecule has 19 nitrogen and oxygen atoms in total. The Hall–Kier alpha value is -5.72. The number of pyridine rings is 1. The highest BCUT2D eigenvalue weighted by atomic mass is 31.2. The van der Waals surface area contributed by atoms with E-state index in [2.05, 4.69) is 22.2 Å². The van der Waals surface area contributed by atoms with Crippen LogP contribution >= 0.6 is 7.82 Å². The van der Waals surface area contributed by atoms with Crippen molar-refractivity contribution in [3.63, 3.8) is 0 Å². The largest absolute Gasteiger partial charge is 0.756 e. The second kappa shape index (κ2) is 35.7. The number of aromatic nitrogens is 3. The Bertz CT molecular complexity index is 2480. The van der Waals surface area contributed by atoms with E-state index in [4.69, 9.17) is 34.0 Å². The molecule has 3 N–H and O–H groups in total. The van der Waals surface area contributed by atoms with Gasteiger partial charge in [0.15, 0.2) is 0 Å². The third-order valence-electron chi connectivity index (χ3n) is 13.2. The van der Waals surface area contributed by atoms with Crippen LogP contribution in [0.3, 0.4) is 0 Å². The minimum Gasteiger partial charge on any atom is -0.756 e. The topological polar surface area (TPSA) is 239 Å². The minimum atomic E-state index is -4.74. The van der Waals surface area contributed by atoms with Crippen LogP contribution in [0.25, 0.3) is 11.0 Å². The van der Waals surface area contributed by atoms with Crippen LogP contribution in [0.1, 0.15) is 164 Å². The number of nitrogens with zero attached hydrogens (tertiary/aromatic N) is 6. The maximum atomic E-state index is 14.3. The first-order valence-corrected chi connectivity index (χ1v) is 29.7. The number of anilines is 2. The van der Waals surface area contributed by atoms with Gasteiger partial charge >= 0.3 is 18.0 Å². The highest BCUT2D eigenvalue weighted by Crippen LogP contribution is 2.38. The van der Waals surface area contributed by atoms with Gasteiger partial charge in [0.1, 0.15) is 30.6 Å². The third kappa shape index (κ3) is 25.8. The number of phosphoric acid groups is 1. The number of carbonyl (C=O) groups is 4. The number of esters is 2. The van der Waals surface area contributed by atoms with Gasteiger partial charge in [0.05, 0.1) is 77.5 Å². The molecule has 0 saturated carbocycles. The van der Waals surface area contributed by atoms with Gasteiger partial charge in [-0.3, -0.25) is 23.8 Å². The molecule has 0 aliphatic rings. The molecule has 4 rings (SSSR count). The number of amides is 2. The van der Waals surface area contributed by atoms with Crippen molar-refractivity contribution in [3.05, 3.63) is 83.8 Å². The van der Waals surface area contributed by atoms with Gasteiger partial charge in [0.25, 0.3) is 13.7 Å². The van der Waals surface area contributed by atoms with Crippen LogP contribution in [0.4, 0.5) is 16.3 Å². The number of carbonyl (C=O) groups excluding carboxylic acids is 4. The van der Waals surface area contributed by atoms with Gasteiger partial charge < -0.3 is 48.3 Å². The van der Waals surface area contributed by atoms with Crippen molar-refractivity contribution < 1.29 is 56.4 Å². The van der Waals surface area contributed by atoms with E-state index >= 15 is 0 Å². The molecule has 2 amide bonds. The number of imidazole rings is 1. The highest BCUT2D eigenvalue weighted by Gasteiger charge is 2.24. The predicted molar refractivity (Wildman–Crippen MR) is 304 cm³/mol. The molecule has 432 valence electrons. The summed E-state index contributed by atoms with van der Waals surface area (Å²) in [6.45, 7) is 4.09. The number of nitrogens with one attached hydrogen (secondary N) is 1. The number of ether oxygens (including phenoxy) is 3. The van der Waals surface area contributed by atoms with Gasteiger partial charge in [-0.2, -0.15) is 4.99 Å². The van der Waals surface area contributed by atoms with Gasteiger partial charge in [-0.25, -0.2) is 14.8 Å². The van der Waals surface area contributed by atoms with E-state index in [0.29, 0.717) is 52.3 Å². The Kier molecular flexibility index (Phi) is 29.7. The van der Waals surface area contributed by atoms with Crippen LogP contribution in [0.2, 0.25) is 0 Å². The van der Waals surface area contributed by atoms with Crippen molar-refractivity contribution in [3.8, 4) is 0 Å². The second-order valence-electron chi connectivity index (χ2n) is 21.0.